The van der Waals surface area contributed by atoms with E-state index in [2.05, 4.69) is 37.4 Å². The number of hydrogen-bond acceptors (Lipinski definition) is 8. The Hall–Kier alpha value is -3.00. The fourth-order valence-electron chi connectivity index (χ4n) is 4.25. The molecule has 1 fully saturated rings. The van der Waals surface area contributed by atoms with Crippen LogP contribution in [0.1, 0.15) is 48.8 Å². The average molecular weight is 469 g/mol. The van der Waals surface area contributed by atoms with E-state index in [0.29, 0.717) is 22.8 Å². The molecule has 174 valence electrons. The third-order valence-electron chi connectivity index (χ3n) is 5.99. The number of nitrogens with zero attached hydrogens (tertiary/aromatic N) is 4. The zero-order valence-electron chi connectivity index (χ0n) is 19.2. The van der Waals surface area contributed by atoms with E-state index in [1.54, 1.807) is 29.2 Å². The Morgan fingerprint density at radius 2 is 2.06 bits per heavy atom. The fourth-order valence-corrected chi connectivity index (χ4v) is 4.97. The molecule has 0 radical (unpaired) electrons. The van der Waals surface area contributed by atoms with Gasteiger partial charge in [0.1, 0.15) is 6.10 Å². The second-order valence-corrected chi connectivity index (χ2v) is 10.2. The number of aliphatic hydroxyl groups excluding tert-OH is 2. The zero-order valence-corrected chi connectivity index (χ0v) is 20.1. The molecular weight excluding hydrogens is 440 g/mol. The molecule has 1 amide bonds. The topological polar surface area (TPSA) is 125 Å². The summed E-state index contributed by atoms with van der Waals surface area (Å²) >= 11 is 1.59. The Bertz CT molecular complexity index is 1260. The highest BCUT2D eigenvalue weighted by atomic mass is 32.1. The number of carbonyl (C=O) groups excluding carboxylic acids is 1. The molecule has 4 rings (SSSR count). The van der Waals surface area contributed by atoms with Gasteiger partial charge in [-0.2, -0.15) is 0 Å². The summed E-state index contributed by atoms with van der Waals surface area (Å²) in [6.07, 6.45) is -0.588. The van der Waals surface area contributed by atoms with Crippen LogP contribution in [0.4, 0.5) is 5.82 Å². The molecule has 3 heterocycles. The lowest BCUT2D eigenvalue weighted by molar-refractivity contribution is -0.136. The van der Waals surface area contributed by atoms with Crippen molar-refractivity contribution in [1.82, 2.24) is 24.8 Å². The number of hydrogen-bond donors (Lipinski definition) is 4. The van der Waals surface area contributed by atoms with Crippen LogP contribution in [0.5, 0.6) is 0 Å². The molecule has 3 aromatic heterocycles. The van der Waals surface area contributed by atoms with Gasteiger partial charge in [-0.25, -0.2) is 15.0 Å². The van der Waals surface area contributed by atoms with Crippen LogP contribution in [0.15, 0.2) is 18.5 Å². The van der Waals surface area contributed by atoms with Crippen molar-refractivity contribution in [3.05, 3.63) is 34.0 Å². The van der Waals surface area contributed by atoms with Gasteiger partial charge in [-0.3, -0.25) is 4.79 Å². The summed E-state index contributed by atoms with van der Waals surface area (Å²) in [6, 6.07) is 3.48. The minimum atomic E-state index is -1.23. The van der Waals surface area contributed by atoms with Crippen LogP contribution in [0, 0.1) is 24.2 Å². The summed E-state index contributed by atoms with van der Waals surface area (Å²) in [5, 5.41) is 27.4. The lowest BCUT2D eigenvalue weighted by Gasteiger charge is -2.26. The molecule has 0 aromatic carbocycles. The van der Waals surface area contributed by atoms with Crippen molar-refractivity contribution in [1.29, 1.82) is 0 Å². The van der Waals surface area contributed by atoms with E-state index in [0.717, 1.165) is 4.88 Å². The first-order valence-electron chi connectivity index (χ1n) is 10.8. The number of thiophene rings is 1. The predicted molar refractivity (Wildman–Crippen MR) is 127 cm³/mol. The first-order chi connectivity index (χ1) is 15.6. The highest BCUT2D eigenvalue weighted by Crippen LogP contribution is 2.45. The fraction of sp³-hybridized carbons (Fsp3) is 0.478. The molecule has 0 spiro atoms. The lowest BCUT2D eigenvalue weighted by Crippen LogP contribution is -2.45. The maximum Gasteiger partial charge on any atom is 0.228 e. The summed E-state index contributed by atoms with van der Waals surface area (Å²) in [6.45, 7) is 7.67. The van der Waals surface area contributed by atoms with Gasteiger partial charge in [-0.15, -0.1) is 11.3 Å². The number of fused-ring (bicyclic) bond motifs is 1. The second-order valence-electron chi connectivity index (χ2n) is 8.88. The van der Waals surface area contributed by atoms with Crippen LogP contribution in [0.25, 0.3) is 11.2 Å². The van der Waals surface area contributed by atoms with Crippen molar-refractivity contribution in [2.45, 2.75) is 58.4 Å². The number of amides is 1. The van der Waals surface area contributed by atoms with Crippen LogP contribution in [0.2, 0.25) is 0 Å². The molecule has 1 unspecified atom stereocenters. The SMILES string of the molecule is CNC(=O)C1(C)C[C@@H](n2cnc3c(NC(C)C)nc(C#Cc4ccc(C)s4)nc32)[C@H](O)[C@@H]1O. The van der Waals surface area contributed by atoms with Crippen molar-refractivity contribution < 1.29 is 15.0 Å². The number of nitrogens with one attached hydrogen (secondary N) is 2. The number of aryl methyl sites for hydroxylation is 1. The van der Waals surface area contributed by atoms with Crippen molar-refractivity contribution >= 4 is 34.2 Å². The number of rotatable bonds is 4. The van der Waals surface area contributed by atoms with E-state index >= 15 is 0 Å². The summed E-state index contributed by atoms with van der Waals surface area (Å²) in [4.78, 5) is 28.2. The van der Waals surface area contributed by atoms with Gasteiger partial charge in [0, 0.05) is 18.0 Å². The Morgan fingerprint density at radius 1 is 1.30 bits per heavy atom. The monoisotopic (exact) mass is 468 g/mol. The molecule has 4 N–H and O–H groups in total. The van der Waals surface area contributed by atoms with Gasteiger partial charge in [0.15, 0.2) is 17.0 Å². The van der Waals surface area contributed by atoms with Gasteiger partial charge < -0.3 is 25.4 Å². The standard InChI is InChI=1S/C23H28N6O3S/c1-12(2)26-20-17-21(28-16(27-20)9-8-14-7-6-13(3)33-14)29(11-25-17)15-10-23(4,22(32)24-5)19(31)18(15)30/h6-7,11-12,15,18-19,30-31H,10H2,1-5H3,(H,24,32)(H,26,27,28)/t15-,18+,19+,23?/m1/s1. The molecular formula is C23H28N6O3S. The summed E-state index contributed by atoms with van der Waals surface area (Å²) in [7, 11) is 1.52. The average Bonchev–Trinajstić information content (AvgIpc) is 3.45. The van der Waals surface area contributed by atoms with Crippen LogP contribution in [-0.2, 0) is 4.79 Å². The van der Waals surface area contributed by atoms with Crippen LogP contribution in [0.3, 0.4) is 0 Å². The molecule has 1 aliphatic carbocycles. The number of aromatic nitrogens is 4. The Morgan fingerprint density at radius 3 is 2.70 bits per heavy atom. The molecule has 33 heavy (non-hydrogen) atoms. The van der Waals surface area contributed by atoms with E-state index < -0.39 is 23.7 Å². The van der Waals surface area contributed by atoms with Gasteiger partial charge in [0.2, 0.25) is 11.7 Å². The molecule has 1 saturated carbocycles. The number of anilines is 1. The normalized spacial score (nSPS) is 24.7. The van der Waals surface area contributed by atoms with Gasteiger partial charge in [0.05, 0.1) is 28.8 Å². The quantitative estimate of drug-likeness (QED) is 0.431. The van der Waals surface area contributed by atoms with Crippen molar-refractivity contribution in [3.8, 4) is 11.8 Å². The van der Waals surface area contributed by atoms with Crippen molar-refractivity contribution in [2.75, 3.05) is 12.4 Å². The largest absolute Gasteiger partial charge is 0.389 e. The third kappa shape index (κ3) is 4.19. The highest BCUT2D eigenvalue weighted by Gasteiger charge is 2.54. The van der Waals surface area contributed by atoms with Gasteiger partial charge in [-0.05, 0) is 58.1 Å². The lowest BCUT2D eigenvalue weighted by atomic mass is 9.85. The smallest absolute Gasteiger partial charge is 0.228 e. The van der Waals surface area contributed by atoms with Gasteiger partial charge in [-0.1, -0.05) is 0 Å². The summed E-state index contributed by atoms with van der Waals surface area (Å²) in [5.74, 6) is 6.68. The van der Waals surface area contributed by atoms with E-state index in [9.17, 15) is 15.0 Å². The van der Waals surface area contributed by atoms with Crippen molar-refractivity contribution in [3.63, 3.8) is 0 Å². The summed E-state index contributed by atoms with van der Waals surface area (Å²) in [5.41, 5.74) is -0.116. The molecule has 9 nitrogen and oxygen atoms in total. The van der Waals surface area contributed by atoms with Gasteiger partial charge >= 0.3 is 0 Å². The second kappa shape index (κ2) is 8.74. The number of aliphatic hydroxyl groups is 2. The zero-order chi connectivity index (χ0) is 23.9. The molecule has 0 bridgehead atoms. The molecule has 0 saturated heterocycles. The van der Waals surface area contributed by atoms with E-state index in [1.807, 2.05) is 32.9 Å². The Balaban J connectivity index is 1.80. The Kier molecular flexibility index (Phi) is 6.14. The highest BCUT2D eigenvalue weighted by molar-refractivity contribution is 7.12. The summed E-state index contributed by atoms with van der Waals surface area (Å²) < 4.78 is 1.71. The molecule has 10 heteroatoms. The first-order valence-corrected chi connectivity index (χ1v) is 11.6. The van der Waals surface area contributed by atoms with E-state index in [-0.39, 0.29) is 18.4 Å². The maximum absolute atomic E-state index is 12.5. The Labute approximate surface area is 196 Å². The van der Waals surface area contributed by atoms with E-state index in [4.69, 9.17) is 0 Å². The number of carbonyl (C=O) groups is 1. The molecule has 1 aliphatic rings. The molecule has 3 aromatic rings. The van der Waals surface area contributed by atoms with Crippen LogP contribution < -0.4 is 10.6 Å². The van der Waals surface area contributed by atoms with Crippen molar-refractivity contribution in [2.24, 2.45) is 5.41 Å². The van der Waals surface area contributed by atoms with Crippen LogP contribution >= 0.6 is 11.3 Å². The first kappa shape index (κ1) is 23.2. The van der Waals surface area contributed by atoms with E-state index in [1.165, 1.54) is 11.9 Å². The molecule has 0 aliphatic heterocycles. The minimum Gasteiger partial charge on any atom is -0.389 e. The number of imidazole rings is 1. The minimum absolute atomic E-state index is 0.101. The van der Waals surface area contributed by atoms with Crippen LogP contribution in [-0.4, -0.2) is 60.9 Å². The third-order valence-corrected chi connectivity index (χ3v) is 6.91. The maximum atomic E-state index is 12.5. The van der Waals surface area contributed by atoms with Gasteiger partial charge in [0.25, 0.3) is 0 Å². The predicted octanol–water partition coefficient (Wildman–Crippen LogP) is 1.84. The molecule has 4 atom stereocenters.